The molecule has 0 aliphatic heterocycles. The predicted molar refractivity (Wildman–Crippen MR) is 68.2 cm³/mol. The van der Waals surface area contributed by atoms with Crippen LogP contribution < -0.4 is 5.32 Å². The van der Waals surface area contributed by atoms with Crippen LogP contribution in [0.1, 0.15) is 40.4 Å². The van der Waals surface area contributed by atoms with Crippen LogP contribution in [0.4, 0.5) is 5.13 Å². The Morgan fingerprint density at radius 3 is 2.62 bits per heavy atom. The van der Waals surface area contributed by atoms with Gasteiger partial charge in [0.05, 0.1) is 6.10 Å². The van der Waals surface area contributed by atoms with Gasteiger partial charge in [0.2, 0.25) is 5.13 Å². The summed E-state index contributed by atoms with van der Waals surface area (Å²) in [4.78, 5) is 4.45. The first-order chi connectivity index (χ1) is 7.43. The Bertz CT molecular complexity index is 319. The first-order valence-electron chi connectivity index (χ1n) is 5.63. The molecule has 1 N–H and O–H groups in total. The third-order valence-corrected chi connectivity index (χ3v) is 2.76. The highest BCUT2D eigenvalue weighted by molar-refractivity contribution is 7.09. The van der Waals surface area contributed by atoms with Gasteiger partial charge in [0.15, 0.2) is 0 Å². The Hall–Kier alpha value is -0.680. The van der Waals surface area contributed by atoms with Crippen molar-refractivity contribution in [3.05, 3.63) is 5.82 Å². The molecule has 1 aromatic rings. The van der Waals surface area contributed by atoms with Crippen LogP contribution in [0.3, 0.4) is 0 Å². The van der Waals surface area contributed by atoms with Crippen LogP contribution in [-0.2, 0) is 10.2 Å². The highest BCUT2D eigenvalue weighted by Gasteiger charge is 2.19. The number of nitrogens with zero attached hydrogens (tertiary/aromatic N) is 2. The van der Waals surface area contributed by atoms with E-state index in [1.807, 2.05) is 13.8 Å². The quantitative estimate of drug-likeness (QED) is 0.863. The average molecular weight is 243 g/mol. The number of hydrogen-bond donors (Lipinski definition) is 1. The predicted octanol–water partition coefficient (Wildman–Crippen LogP) is 2.67. The summed E-state index contributed by atoms with van der Waals surface area (Å²) < 4.78 is 9.77. The van der Waals surface area contributed by atoms with E-state index >= 15 is 0 Å². The van der Waals surface area contributed by atoms with Gasteiger partial charge in [-0.15, -0.1) is 0 Å². The van der Waals surface area contributed by atoms with E-state index in [1.54, 1.807) is 0 Å². The summed E-state index contributed by atoms with van der Waals surface area (Å²) in [6, 6.07) is 0. The Labute approximate surface area is 102 Å². The van der Waals surface area contributed by atoms with Crippen molar-refractivity contribution in [3.63, 3.8) is 0 Å². The van der Waals surface area contributed by atoms with Gasteiger partial charge in [0.25, 0.3) is 0 Å². The van der Waals surface area contributed by atoms with Crippen molar-refractivity contribution >= 4 is 16.7 Å². The lowest BCUT2D eigenvalue weighted by Gasteiger charge is -2.13. The maximum atomic E-state index is 5.43. The van der Waals surface area contributed by atoms with Gasteiger partial charge in [-0.2, -0.15) is 4.37 Å². The summed E-state index contributed by atoms with van der Waals surface area (Å²) in [6.45, 7) is 11.9. The van der Waals surface area contributed by atoms with Crippen LogP contribution >= 0.6 is 11.5 Å². The van der Waals surface area contributed by atoms with Crippen LogP contribution in [-0.4, -0.2) is 28.6 Å². The fourth-order valence-electron chi connectivity index (χ4n) is 1.17. The maximum Gasteiger partial charge on any atom is 0.202 e. The van der Waals surface area contributed by atoms with Crippen molar-refractivity contribution in [1.29, 1.82) is 0 Å². The Balaban J connectivity index is 2.47. The lowest BCUT2D eigenvalue weighted by atomic mass is 9.96. The number of rotatable bonds is 5. The molecule has 1 rings (SSSR count). The Kier molecular flexibility index (Phi) is 4.68. The van der Waals surface area contributed by atoms with E-state index in [1.165, 1.54) is 11.5 Å². The minimum absolute atomic E-state index is 0.0158. The highest BCUT2D eigenvalue weighted by atomic mass is 32.1. The van der Waals surface area contributed by atoms with Gasteiger partial charge in [-0.3, -0.25) is 0 Å². The lowest BCUT2D eigenvalue weighted by Crippen LogP contribution is -2.20. The summed E-state index contributed by atoms with van der Waals surface area (Å²) in [6.07, 6.45) is 0.201. The van der Waals surface area contributed by atoms with Gasteiger partial charge in [-0.1, -0.05) is 20.8 Å². The molecule has 92 valence electrons. The van der Waals surface area contributed by atoms with Crippen LogP contribution in [0.5, 0.6) is 0 Å². The Morgan fingerprint density at radius 1 is 1.44 bits per heavy atom. The fraction of sp³-hybridized carbons (Fsp3) is 0.818. The fourth-order valence-corrected chi connectivity index (χ4v) is 1.94. The van der Waals surface area contributed by atoms with E-state index in [0.29, 0.717) is 0 Å². The molecule has 0 saturated carbocycles. The lowest BCUT2D eigenvalue weighted by molar-refractivity contribution is 0.0855. The Morgan fingerprint density at radius 2 is 2.12 bits per heavy atom. The molecule has 4 nitrogen and oxygen atoms in total. The van der Waals surface area contributed by atoms with Gasteiger partial charge in [0, 0.05) is 30.1 Å². The molecule has 1 aromatic heterocycles. The second-order valence-corrected chi connectivity index (χ2v) is 5.57. The zero-order valence-corrected chi connectivity index (χ0v) is 11.5. The monoisotopic (exact) mass is 243 g/mol. The molecule has 0 bridgehead atoms. The topological polar surface area (TPSA) is 47.0 Å². The van der Waals surface area contributed by atoms with Crippen molar-refractivity contribution in [2.24, 2.45) is 0 Å². The number of ether oxygens (including phenoxy) is 1. The highest BCUT2D eigenvalue weighted by Crippen LogP contribution is 2.22. The third kappa shape index (κ3) is 4.06. The van der Waals surface area contributed by atoms with Crippen molar-refractivity contribution < 1.29 is 4.74 Å². The molecule has 0 spiro atoms. The molecule has 0 radical (unpaired) electrons. The van der Waals surface area contributed by atoms with Gasteiger partial charge in [-0.25, -0.2) is 4.98 Å². The molecule has 5 heteroatoms. The second kappa shape index (κ2) is 5.59. The van der Waals surface area contributed by atoms with Crippen molar-refractivity contribution in [3.8, 4) is 0 Å². The number of aromatic nitrogens is 2. The van der Waals surface area contributed by atoms with Crippen LogP contribution in [0, 0.1) is 0 Å². The van der Waals surface area contributed by atoms with Crippen LogP contribution in [0.15, 0.2) is 0 Å². The largest absolute Gasteiger partial charge is 0.377 e. The summed E-state index contributed by atoms with van der Waals surface area (Å²) in [5.74, 6) is 0.893. The number of anilines is 1. The van der Waals surface area contributed by atoms with E-state index < -0.39 is 0 Å². The van der Waals surface area contributed by atoms with Crippen molar-refractivity contribution in [1.82, 2.24) is 9.36 Å². The zero-order chi connectivity index (χ0) is 12.2. The standard InChI is InChI=1S/C11H21N3OS/c1-6-15-8(2)7-12-10-13-9(14-16-10)11(3,4)5/h8H,6-7H2,1-5H3,(H,12,13,14). The summed E-state index contributed by atoms with van der Waals surface area (Å²) >= 11 is 1.41. The third-order valence-electron chi connectivity index (χ3n) is 2.09. The van der Waals surface area contributed by atoms with E-state index in [0.717, 1.165) is 24.1 Å². The number of hydrogen-bond acceptors (Lipinski definition) is 5. The van der Waals surface area contributed by atoms with E-state index in [2.05, 4.69) is 35.4 Å². The molecular formula is C11H21N3OS. The smallest absolute Gasteiger partial charge is 0.202 e. The summed E-state index contributed by atoms with van der Waals surface area (Å²) in [5.41, 5.74) is 0.0158. The molecule has 16 heavy (non-hydrogen) atoms. The van der Waals surface area contributed by atoms with E-state index in [9.17, 15) is 0 Å². The van der Waals surface area contributed by atoms with E-state index in [4.69, 9.17) is 4.74 Å². The minimum Gasteiger partial charge on any atom is -0.377 e. The van der Waals surface area contributed by atoms with Crippen molar-refractivity contribution in [2.45, 2.75) is 46.1 Å². The average Bonchev–Trinajstić information content (AvgIpc) is 2.63. The van der Waals surface area contributed by atoms with Crippen LogP contribution in [0.25, 0.3) is 0 Å². The maximum absolute atomic E-state index is 5.43. The molecule has 0 aliphatic rings. The molecule has 0 saturated heterocycles. The van der Waals surface area contributed by atoms with Crippen LogP contribution in [0.2, 0.25) is 0 Å². The molecule has 0 amide bonds. The zero-order valence-electron chi connectivity index (χ0n) is 10.7. The first-order valence-corrected chi connectivity index (χ1v) is 6.40. The van der Waals surface area contributed by atoms with Gasteiger partial charge in [-0.05, 0) is 13.8 Å². The van der Waals surface area contributed by atoms with Gasteiger partial charge < -0.3 is 10.1 Å². The molecular weight excluding hydrogens is 222 g/mol. The molecule has 1 unspecified atom stereocenters. The van der Waals surface area contributed by atoms with E-state index in [-0.39, 0.29) is 11.5 Å². The first kappa shape index (κ1) is 13.4. The SMILES string of the molecule is CCOC(C)CNc1nc(C(C)(C)C)ns1. The summed E-state index contributed by atoms with van der Waals surface area (Å²) in [5, 5.41) is 4.11. The molecule has 1 atom stereocenters. The van der Waals surface area contributed by atoms with Gasteiger partial charge >= 0.3 is 0 Å². The molecule has 1 heterocycles. The summed E-state index contributed by atoms with van der Waals surface area (Å²) in [7, 11) is 0. The minimum atomic E-state index is 0.0158. The number of nitrogens with one attached hydrogen (secondary N) is 1. The van der Waals surface area contributed by atoms with Crippen molar-refractivity contribution in [2.75, 3.05) is 18.5 Å². The second-order valence-electron chi connectivity index (χ2n) is 4.82. The van der Waals surface area contributed by atoms with Gasteiger partial charge in [0.1, 0.15) is 5.82 Å². The normalized spacial score (nSPS) is 13.8. The molecule has 0 fully saturated rings. The molecule has 0 aromatic carbocycles. The molecule has 0 aliphatic carbocycles.